The van der Waals surface area contributed by atoms with E-state index in [1.54, 1.807) is 6.07 Å². The summed E-state index contributed by atoms with van der Waals surface area (Å²) in [5, 5.41) is 0.427. The average Bonchev–Trinajstić information content (AvgIpc) is 2.35. The molecule has 0 N–H and O–H groups in total. The molecule has 0 amide bonds. The number of aromatic nitrogens is 2. The number of anilines is 1. The summed E-state index contributed by atoms with van der Waals surface area (Å²) in [5.41, 5.74) is 0. The predicted molar refractivity (Wildman–Crippen MR) is 76.7 cm³/mol. The number of ether oxygens (including phenoxy) is 2. The van der Waals surface area contributed by atoms with Crippen LogP contribution in [-0.2, 0) is 16.1 Å². The van der Waals surface area contributed by atoms with Crippen molar-refractivity contribution in [3.63, 3.8) is 0 Å². The minimum absolute atomic E-state index is 0.232. The summed E-state index contributed by atoms with van der Waals surface area (Å²) < 4.78 is 10.8. The van der Waals surface area contributed by atoms with Gasteiger partial charge in [0.25, 0.3) is 0 Å². The Morgan fingerprint density at radius 3 is 2.74 bits per heavy atom. The van der Waals surface area contributed by atoms with Crippen LogP contribution in [-0.4, -0.2) is 42.9 Å². The third-order valence-electron chi connectivity index (χ3n) is 2.43. The van der Waals surface area contributed by atoms with Gasteiger partial charge in [0.2, 0.25) is 0 Å². The van der Waals surface area contributed by atoms with E-state index in [1.807, 2.05) is 32.7 Å². The Morgan fingerprint density at radius 1 is 1.37 bits per heavy atom. The molecule has 0 fully saturated rings. The van der Waals surface area contributed by atoms with Crippen molar-refractivity contribution in [2.45, 2.75) is 33.5 Å². The van der Waals surface area contributed by atoms with Gasteiger partial charge in [-0.3, -0.25) is 0 Å². The molecule has 0 aromatic carbocycles. The number of nitrogens with zero attached hydrogens (tertiary/aromatic N) is 3. The quantitative estimate of drug-likeness (QED) is 0.688. The highest BCUT2D eigenvalue weighted by molar-refractivity contribution is 6.29. The molecule has 1 rings (SSSR count). The van der Waals surface area contributed by atoms with Gasteiger partial charge >= 0.3 is 0 Å². The molecule has 0 aliphatic carbocycles. The summed E-state index contributed by atoms with van der Waals surface area (Å²) >= 11 is 5.99. The zero-order valence-electron chi connectivity index (χ0n) is 12.0. The van der Waals surface area contributed by atoms with Gasteiger partial charge in [-0.1, -0.05) is 11.6 Å². The molecule has 1 aromatic rings. The molecule has 0 aliphatic heterocycles. The van der Waals surface area contributed by atoms with Gasteiger partial charge in [0.15, 0.2) is 5.82 Å². The molecule has 5 nitrogen and oxygen atoms in total. The molecule has 0 aliphatic rings. The largest absolute Gasteiger partial charge is 0.377 e. The standard InChI is InChI=1S/C13H22ClN3O2/c1-5-18-9-12-15-11(14)8-13(16-12)17(4)6-7-19-10(2)3/h8,10H,5-7,9H2,1-4H3. The molecule has 108 valence electrons. The van der Waals surface area contributed by atoms with Crippen LogP contribution in [0.3, 0.4) is 0 Å². The summed E-state index contributed by atoms with van der Waals surface area (Å²) in [4.78, 5) is 10.5. The Labute approximate surface area is 119 Å². The molecule has 0 bridgehead atoms. The summed E-state index contributed by atoms with van der Waals surface area (Å²) in [5.74, 6) is 1.38. The van der Waals surface area contributed by atoms with E-state index in [4.69, 9.17) is 21.1 Å². The van der Waals surface area contributed by atoms with Crippen molar-refractivity contribution >= 4 is 17.4 Å². The number of halogens is 1. The maximum atomic E-state index is 5.99. The second-order valence-electron chi connectivity index (χ2n) is 4.44. The summed E-state index contributed by atoms with van der Waals surface area (Å²) in [6.07, 6.45) is 0.232. The first-order valence-corrected chi connectivity index (χ1v) is 6.84. The van der Waals surface area contributed by atoms with E-state index in [9.17, 15) is 0 Å². The Balaban J connectivity index is 2.62. The third-order valence-corrected chi connectivity index (χ3v) is 2.63. The maximum Gasteiger partial charge on any atom is 0.158 e. The maximum absolute atomic E-state index is 5.99. The summed E-state index contributed by atoms with van der Waals surface area (Å²) in [6, 6.07) is 1.74. The van der Waals surface area contributed by atoms with Crippen LogP contribution in [0.5, 0.6) is 0 Å². The lowest BCUT2D eigenvalue weighted by molar-refractivity contribution is 0.0845. The van der Waals surface area contributed by atoms with Crippen LogP contribution in [0.2, 0.25) is 5.15 Å². The van der Waals surface area contributed by atoms with Crippen LogP contribution < -0.4 is 4.90 Å². The van der Waals surface area contributed by atoms with Crippen molar-refractivity contribution in [3.05, 3.63) is 17.0 Å². The molecular weight excluding hydrogens is 266 g/mol. The third kappa shape index (κ3) is 6.18. The van der Waals surface area contributed by atoms with Crippen LogP contribution in [0.1, 0.15) is 26.6 Å². The van der Waals surface area contributed by atoms with Crippen LogP contribution in [0.25, 0.3) is 0 Å². The minimum Gasteiger partial charge on any atom is -0.377 e. The van der Waals surface area contributed by atoms with Crippen molar-refractivity contribution in [2.75, 3.05) is 31.7 Å². The fourth-order valence-corrected chi connectivity index (χ4v) is 1.64. The smallest absolute Gasteiger partial charge is 0.158 e. The number of rotatable bonds is 8. The molecule has 0 spiro atoms. The van der Waals surface area contributed by atoms with Crippen molar-refractivity contribution in [1.29, 1.82) is 0 Å². The van der Waals surface area contributed by atoms with Crippen LogP contribution in [0.15, 0.2) is 6.07 Å². The molecule has 0 unspecified atom stereocenters. The van der Waals surface area contributed by atoms with Gasteiger partial charge in [-0.15, -0.1) is 0 Å². The SMILES string of the molecule is CCOCc1nc(Cl)cc(N(C)CCOC(C)C)n1. The molecule has 0 saturated heterocycles. The lowest BCUT2D eigenvalue weighted by atomic mass is 10.4. The zero-order chi connectivity index (χ0) is 14.3. The summed E-state index contributed by atoms with van der Waals surface area (Å²) in [6.45, 7) is 8.37. The van der Waals surface area contributed by atoms with Crippen molar-refractivity contribution in [2.24, 2.45) is 0 Å². The van der Waals surface area contributed by atoms with E-state index in [0.29, 0.717) is 30.8 Å². The van der Waals surface area contributed by atoms with E-state index in [-0.39, 0.29) is 6.10 Å². The summed E-state index contributed by atoms with van der Waals surface area (Å²) in [7, 11) is 1.95. The van der Waals surface area contributed by atoms with Crippen molar-refractivity contribution < 1.29 is 9.47 Å². The second-order valence-corrected chi connectivity index (χ2v) is 4.83. The Bertz CT molecular complexity index is 388. The predicted octanol–water partition coefficient (Wildman–Crippen LogP) is 2.53. The monoisotopic (exact) mass is 287 g/mol. The number of hydrogen-bond acceptors (Lipinski definition) is 5. The van der Waals surface area contributed by atoms with Gasteiger partial charge < -0.3 is 14.4 Å². The van der Waals surface area contributed by atoms with E-state index < -0.39 is 0 Å². The lowest BCUT2D eigenvalue weighted by Gasteiger charge is -2.19. The normalized spacial score (nSPS) is 11.1. The van der Waals surface area contributed by atoms with Crippen LogP contribution >= 0.6 is 11.6 Å². The first-order valence-electron chi connectivity index (χ1n) is 6.46. The van der Waals surface area contributed by atoms with Gasteiger partial charge in [0.05, 0.1) is 12.7 Å². The highest BCUT2D eigenvalue weighted by Crippen LogP contribution is 2.15. The van der Waals surface area contributed by atoms with Gasteiger partial charge in [-0.2, -0.15) is 0 Å². The molecule has 1 heterocycles. The van der Waals surface area contributed by atoms with Crippen molar-refractivity contribution in [3.8, 4) is 0 Å². The molecule has 19 heavy (non-hydrogen) atoms. The highest BCUT2D eigenvalue weighted by atomic mass is 35.5. The fourth-order valence-electron chi connectivity index (χ4n) is 1.44. The second kappa shape index (κ2) is 8.30. The Kier molecular flexibility index (Phi) is 7.05. The molecule has 1 aromatic heterocycles. The minimum atomic E-state index is 0.232. The topological polar surface area (TPSA) is 47.5 Å². The van der Waals surface area contributed by atoms with E-state index >= 15 is 0 Å². The van der Waals surface area contributed by atoms with Crippen LogP contribution in [0, 0.1) is 0 Å². The first-order chi connectivity index (χ1) is 9.02. The lowest BCUT2D eigenvalue weighted by Crippen LogP contribution is -2.25. The molecule has 0 saturated carbocycles. The first kappa shape index (κ1) is 16.1. The molecular formula is C13H22ClN3O2. The van der Waals surface area contributed by atoms with E-state index in [0.717, 1.165) is 12.4 Å². The molecule has 0 radical (unpaired) electrons. The number of hydrogen-bond donors (Lipinski definition) is 0. The van der Waals surface area contributed by atoms with E-state index in [2.05, 4.69) is 9.97 Å². The highest BCUT2D eigenvalue weighted by Gasteiger charge is 2.08. The average molecular weight is 288 g/mol. The molecule has 0 atom stereocenters. The van der Waals surface area contributed by atoms with Gasteiger partial charge in [-0.25, -0.2) is 9.97 Å². The zero-order valence-corrected chi connectivity index (χ0v) is 12.8. The fraction of sp³-hybridized carbons (Fsp3) is 0.692. The van der Waals surface area contributed by atoms with E-state index in [1.165, 1.54) is 0 Å². The number of likely N-dealkylation sites (N-methyl/N-ethyl adjacent to an activating group) is 1. The molecule has 6 heteroatoms. The van der Waals surface area contributed by atoms with Crippen molar-refractivity contribution in [1.82, 2.24) is 9.97 Å². The Morgan fingerprint density at radius 2 is 2.11 bits per heavy atom. The van der Waals surface area contributed by atoms with Gasteiger partial charge in [0.1, 0.15) is 17.6 Å². The van der Waals surface area contributed by atoms with Gasteiger partial charge in [-0.05, 0) is 20.8 Å². The van der Waals surface area contributed by atoms with Crippen LogP contribution in [0.4, 0.5) is 5.82 Å². The van der Waals surface area contributed by atoms with Gasteiger partial charge in [0, 0.05) is 26.3 Å². The Hall–Kier alpha value is -0.910.